The van der Waals surface area contributed by atoms with Gasteiger partial charge < -0.3 is 5.32 Å². The highest BCUT2D eigenvalue weighted by molar-refractivity contribution is 6.04. The molecule has 0 saturated carbocycles. The van der Waals surface area contributed by atoms with E-state index in [4.69, 9.17) is 0 Å². The number of alkyl halides is 6. The van der Waals surface area contributed by atoms with Crippen molar-refractivity contribution in [2.45, 2.75) is 45.6 Å². The van der Waals surface area contributed by atoms with Gasteiger partial charge in [-0.2, -0.15) is 31.4 Å². The van der Waals surface area contributed by atoms with Gasteiger partial charge in [0.15, 0.2) is 5.78 Å². The Morgan fingerprint density at radius 2 is 1.62 bits per heavy atom. The normalized spacial score (nSPS) is 14.6. The van der Waals surface area contributed by atoms with E-state index in [0.29, 0.717) is 5.69 Å². The molecule has 234 valence electrons. The second-order valence-electron chi connectivity index (χ2n) is 11.4. The van der Waals surface area contributed by atoms with E-state index in [2.05, 4.69) is 10.4 Å². The first-order valence-electron chi connectivity index (χ1n) is 13.5. The van der Waals surface area contributed by atoms with Crippen LogP contribution in [0.4, 0.5) is 32.0 Å². The molecule has 0 spiro atoms. The lowest BCUT2D eigenvalue weighted by Gasteiger charge is -2.29. The van der Waals surface area contributed by atoms with Gasteiger partial charge in [-0.1, -0.05) is 38.1 Å². The van der Waals surface area contributed by atoms with Crippen molar-refractivity contribution in [1.29, 1.82) is 0 Å². The largest absolute Gasteiger partial charge is 0.416 e. The van der Waals surface area contributed by atoms with Crippen molar-refractivity contribution in [2.24, 2.45) is 5.41 Å². The number of hydrogen-bond donors (Lipinski definition) is 1. The fourth-order valence-electron chi connectivity index (χ4n) is 5.30. The second-order valence-corrected chi connectivity index (χ2v) is 11.4. The first kappa shape index (κ1) is 31.4. The van der Waals surface area contributed by atoms with Gasteiger partial charge >= 0.3 is 12.4 Å². The number of nitro benzene ring substituents is 1. The van der Waals surface area contributed by atoms with Gasteiger partial charge in [0, 0.05) is 30.2 Å². The Kier molecular flexibility index (Phi) is 7.80. The van der Waals surface area contributed by atoms with Crippen LogP contribution in [0.3, 0.4) is 0 Å². The molecule has 1 aliphatic rings. The van der Waals surface area contributed by atoms with Gasteiger partial charge in [0.2, 0.25) is 0 Å². The van der Waals surface area contributed by atoms with Crippen LogP contribution in [0, 0.1) is 15.5 Å². The number of halogens is 6. The molecule has 1 aromatic heterocycles. The number of fused-ring (bicyclic) bond motifs is 1. The molecule has 1 aliphatic carbocycles. The van der Waals surface area contributed by atoms with Crippen LogP contribution in [0.5, 0.6) is 0 Å². The first-order valence-corrected chi connectivity index (χ1v) is 13.5. The van der Waals surface area contributed by atoms with Crippen molar-refractivity contribution in [3.8, 4) is 16.9 Å². The van der Waals surface area contributed by atoms with Crippen LogP contribution in [-0.4, -0.2) is 26.4 Å². The van der Waals surface area contributed by atoms with Gasteiger partial charge in [0.05, 0.1) is 27.3 Å². The van der Waals surface area contributed by atoms with E-state index in [1.165, 1.54) is 41.1 Å². The number of nitrogens with zero attached hydrogens (tertiary/aromatic N) is 3. The summed E-state index contributed by atoms with van der Waals surface area (Å²) in [4.78, 5) is 37.6. The lowest BCUT2D eigenvalue weighted by molar-refractivity contribution is -0.384. The Hall–Kier alpha value is -5.01. The maximum absolute atomic E-state index is 13.3. The smallest absolute Gasteiger partial charge is 0.348 e. The van der Waals surface area contributed by atoms with Crippen molar-refractivity contribution < 1.29 is 40.9 Å². The van der Waals surface area contributed by atoms with Crippen molar-refractivity contribution in [3.63, 3.8) is 0 Å². The number of carbonyl (C=O) groups is 2. The zero-order chi connectivity index (χ0) is 32.9. The molecule has 1 N–H and O–H groups in total. The lowest BCUT2D eigenvalue weighted by atomic mass is 9.75. The highest BCUT2D eigenvalue weighted by Gasteiger charge is 2.38. The third-order valence-corrected chi connectivity index (χ3v) is 7.40. The Labute approximate surface area is 251 Å². The molecule has 0 fully saturated rings. The minimum absolute atomic E-state index is 0.0661. The standard InChI is InChI=1S/C31H24F6N4O4/c1-29(2)14-24-26(25(42)15-29)27(18-6-9-20(10-7-18)30(32,33)34)39-40(24)22-11-8-19(13-23(22)41(44)45)28(43)38-16-17-4-3-5-21(12-17)31(35,36)37/h3-13H,14-16H2,1-2H3,(H,38,43). The van der Waals surface area contributed by atoms with E-state index in [1.54, 1.807) is 0 Å². The first-order chi connectivity index (χ1) is 20.9. The van der Waals surface area contributed by atoms with Crippen molar-refractivity contribution in [3.05, 3.63) is 110 Å². The highest BCUT2D eigenvalue weighted by atomic mass is 19.4. The van der Waals surface area contributed by atoms with Crippen molar-refractivity contribution in [2.75, 3.05) is 0 Å². The van der Waals surface area contributed by atoms with Gasteiger partial charge in [-0.15, -0.1) is 0 Å². The molecule has 0 bridgehead atoms. The average Bonchev–Trinajstić information content (AvgIpc) is 3.33. The summed E-state index contributed by atoms with van der Waals surface area (Å²) in [5.74, 6) is -1.11. The minimum Gasteiger partial charge on any atom is -0.348 e. The highest BCUT2D eigenvalue weighted by Crippen LogP contribution is 2.42. The number of rotatable bonds is 6. The number of nitrogens with one attached hydrogen (secondary N) is 1. The lowest BCUT2D eigenvalue weighted by Crippen LogP contribution is -2.28. The summed E-state index contributed by atoms with van der Waals surface area (Å²) in [6.07, 6.45) is -8.78. The quantitative estimate of drug-likeness (QED) is 0.134. The monoisotopic (exact) mass is 630 g/mol. The third kappa shape index (κ3) is 6.44. The maximum Gasteiger partial charge on any atom is 0.416 e. The van der Waals surface area contributed by atoms with E-state index < -0.39 is 45.4 Å². The maximum atomic E-state index is 13.3. The van der Waals surface area contributed by atoms with Crippen LogP contribution in [-0.2, 0) is 25.3 Å². The van der Waals surface area contributed by atoms with E-state index in [-0.39, 0.29) is 58.8 Å². The number of aromatic nitrogens is 2. The molecule has 14 heteroatoms. The third-order valence-electron chi connectivity index (χ3n) is 7.40. The molecule has 1 amide bonds. The van der Waals surface area contributed by atoms with Crippen LogP contribution in [0.15, 0.2) is 66.7 Å². The fourth-order valence-corrected chi connectivity index (χ4v) is 5.30. The van der Waals surface area contributed by atoms with Gasteiger partial charge in [-0.3, -0.25) is 19.7 Å². The molecule has 0 aliphatic heterocycles. The number of ketones is 1. The number of hydrogen-bond acceptors (Lipinski definition) is 5. The summed E-state index contributed by atoms with van der Waals surface area (Å²) < 4.78 is 79.8. The van der Waals surface area contributed by atoms with Crippen LogP contribution in [0.25, 0.3) is 16.9 Å². The molecule has 4 aromatic rings. The Morgan fingerprint density at radius 3 is 2.24 bits per heavy atom. The Bertz CT molecular complexity index is 1830. The molecule has 8 nitrogen and oxygen atoms in total. The number of carbonyl (C=O) groups excluding carboxylic acids is 2. The van der Waals surface area contributed by atoms with Crippen LogP contribution in [0.1, 0.15) is 63.4 Å². The molecule has 5 rings (SSSR count). The predicted octanol–water partition coefficient (Wildman–Crippen LogP) is 7.57. The Balaban J connectivity index is 1.53. The predicted molar refractivity (Wildman–Crippen MR) is 150 cm³/mol. The molecule has 0 atom stereocenters. The molecule has 0 saturated heterocycles. The molecular formula is C31H24F6N4O4. The van der Waals surface area contributed by atoms with E-state index >= 15 is 0 Å². The van der Waals surface area contributed by atoms with Gasteiger partial charge in [0.25, 0.3) is 11.6 Å². The van der Waals surface area contributed by atoms with Gasteiger partial charge in [-0.25, -0.2) is 4.68 Å². The van der Waals surface area contributed by atoms with E-state index in [0.717, 1.165) is 30.3 Å². The molecule has 45 heavy (non-hydrogen) atoms. The summed E-state index contributed by atoms with van der Waals surface area (Å²) in [6.45, 7) is 3.38. The summed E-state index contributed by atoms with van der Waals surface area (Å²) in [5.41, 5.74) is -2.24. The number of nitro groups is 1. The molecule has 3 aromatic carbocycles. The van der Waals surface area contributed by atoms with Crippen molar-refractivity contribution >= 4 is 17.4 Å². The number of Topliss-reactive ketones (excluding diaryl/α,β-unsaturated/α-hetero) is 1. The van der Waals surface area contributed by atoms with E-state index in [9.17, 15) is 46.0 Å². The topological polar surface area (TPSA) is 107 Å². The summed E-state index contributed by atoms with van der Waals surface area (Å²) in [7, 11) is 0. The van der Waals surface area contributed by atoms with Gasteiger partial charge in [-0.05, 0) is 53.8 Å². The molecular weight excluding hydrogens is 606 g/mol. The zero-order valence-electron chi connectivity index (χ0n) is 23.7. The SMILES string of the molecule is CC1(C)CC(=O)c2c(-c3ccc(C(F)(F)F)cc3)nn(-c3ccc(C(=O)NCc4cccc(C(F)(F)F)c4)cc3[N+](=O)[O-])c2C1. The van der Waals surface area contributed by atoms with E-state index in [1.807, 2.05) is 13.8 Å². The summed E-state index contributed by atoms with van der Waals surface area (Å²) in [5, 5.41) is 19.1. The van der Waals surface area contributed by atoms with Crippen LogP contribution < -0.4 is 5.32 Å². The molecule has 1 heterocycles. The van der Waals surface area contributed by atoms with Crippen LogP contribution >= 0.6 is 0 Å². The minimum atomic E-state index is -4.58. The average molecular weight is 631 g/mol. The van der Waals surface area contributed by atoms with Crippen LogP contribution in [0.2, 0.25) is 0 Å². The molecule has 0 radical (unpaired) electrons. The fraction of sp³-hybridized carbons (Fsp3) is 0.258. The Morgan fingerprint density at radius 1 is 0.956 bits per heavy atom. The van der Waals surface area contributed by atoms with Gasteiger partial charge in [0.1, 0.15) is 11.4 Å². The summed E-state index contributed by atoms with van der Waals surface area (Å²) >= 11 is 0. The van der Waals surface area contributed by atoms with Crippen molar-refractivity contribution in [1.82, 2.24) is 15.1 Å². The zero-order valence-corrected chi connectivity index (χ0v) is 23.7. The number of benzene rings is 3. The summed E-state index contributed by atoms with van der Waals surface area (Å²) in [6, 6.07) is 11.9. The second kappa shape index (κ2) is 11.2. The number of amides is 1. The molecule has 0 unspecified atom stereocenters.